The van der Waals surface area contributed by atoms with Gasteiger partial charge in [0, 0.05) is 17.0 Å². The third-order valence-electron chi connectivity index (χ3n) is 3.97. The van der Waals surface area contributed by atoms with Crippen LogP contribution >= 0.6 is 11.8 Å². The van der Waals surface area contributed by atoms with E-state index in [0.717, 1.165) is 30.0 Å². The van der Waals surface area contributed by atoms with Crippen molar-refractivity contribution in [3.05, 3.63) is 23.4 Å². The van der Waals surface area contributed by atoms with Crippen LogP contribution in [0.1, 0.15) is 58.2 Å². The molecule has 0 radical (unpaired) electrons. The fourth-order valence-electron chi connectivity index (χ4n) is 2.44. The topological polar surface area (TPSA) is 86.0 Å². The van der Waals surface area contributed by atoms with Crippen molar-refractivity contribution in [1.29, 1.82) is 5.26 Å². The largest absolute Gasteiger partial charge is 0.465 e. The van der Waals surface area contributed by atoms with E-state index in [-0.39, 0.29) is 11.5 Å². The number of aromatic nitrogens is 1. The van der Waals surface area contributed by atoms with Crippen molar-refractivity contribution >= 4 is 17.9 Å². The van der Waals surface area contributed by atoms with Crippen LogP contribution in [0.3, 0.4) is 0 Å². The van der Waals surface area contributed by atoms with Gasteiger partial charge in [-0.05, 0) is 43.7 Å². The second kappa shape index (κ2) is 8.93. The molecule has 1 aromatic heterocycles. The molecule has 0 aliphatic carbocycles. The van der Waals surface area contributed by atoms with E-state index in [1.54, 1.807) is 17.8 Å². The summed E-state index contributed by atoms with van der Waals surface area (Å²) in [4.78, 5) is 15.5. The Labute approximate surface area is 148 Å². The third-order valence-corrected chi connectivity index (χ3v) is 5.41. The Morgan fingerprint density at radius 2 is 2.08 bits per heavy atom. The summed E-state index contributed by atoms with van der Waals surface area (Å²) in [6.45, 7) is 10.1. The maximum absolute atomic E-state index is 11.0. The lowest BCUT2D eigenvalue weighted by Crippen LogP contribution is -2.43. The average Bonchev–Trinajstić information content (AvgIpc) is 2.48. The van der Waals surface area contributed by atoms with Gasteiger partial charge in [-0.3, -0.25) is 0 Å². The molecule has 2 atom stereocenters. The van der Waals surface area contributed by atoms with Gasteiger partial charge in [0.1, 0.15) is 11.1 Å². The Morgan fingerprint density at radius 3 is 2.58 bits per heavy atom. The molecule has 1 heterocycles. The van der Waals surface area contributed by atoms with E-state index in [1.165, 1.54) is 0 Å². The number of carboxylic acid groups (broad SMARTS) is 1. The van der Waals surface area contributed by atoms with Gasteiger partial charge in [-0.15, -0.1) is 11.8 Å². The van der Waals surface area contributed by atoms with Gasteiger partial charge in [-0.1, -0.05) is 27.7 Å². The van der Waals surface area contributed by atoms with Crippen LogP contribution in [0.15, 0.2) is 17.2 Å². The molecular weight excluding hydrogens is 322 g/mol. The molecule has 2 unspecified atom stereocenters. The predicted molar refractivity (Wildman–Crippen MR) is 97.3 cm³/mol. The normalized spacial score (nSPS) is 13.8. The van der Waals surface area contributed by atoms with Crippen molar-refractivity contribution in [3.63, 3.8) is 0 Å². The lowest BCUT2D eigenvalue weighted by molar-refractivity contribution is 0.171. The van der Waals surface area contributed by atoms with Crippen molar-refractivity contribution in [1.82, 2.24) is 10.3 Å². The number of nitrogens with one attached hydrogen (secondary N) is 1. The molecule has 0 spiro atoms. The van der Waals surface area contributed by atoms with Crippen molar-refractivity contribution in [2.45, 2.75) is 70.2 Å². The number of hydrogen-bond donors (Lipinski definition) is 2. The molecule has 1 aromatic rings. The molecule has 0 aliphatic heterocycles. The summed E-state index contributed by atoms with van der Waals surface area (Å²) in [6.07, 6.45) is 1.58. The van der Waals surface area contributed by atoms with Gasteiger partial charge in [0.25, 0.3) is 0 Å². The van der Waals surface area contributed by atoms with Crippen LogP contribution in [0.4, 0.5) is 4.79 Å². The Balaban J connectivity index is 2.79. The molecule has 2 N–H and O–H groups in total. The van der Waals surface area contributed by atoms with Gasteiger partial charge in [-0.25, -0.2) is 9.78 Å². The summed E-state index contributed by atoms with van der Waals surface area (Å²) in [7, 11) is 0. The number of nitriles is 1. The second-order valence-electron chi connectivity index (χ2n) is 7.01. The van der Waals surface area contributed by atoms with Crippen LogP contribution in [0, 0.1) is 23.7 Å². The van der Waals surface area contributed by atoms with E-state index < -0.39 is 6.09 Å². The predicted octanol–water partition coefficient (Wildman–Crippen LogP) is 4.59. The average molecular weight is 350 g/mol. The minimum atomic E-state index is -0.984. The molecular formula is C18H27N3O2S. The molecule has 132 valence electrons. The second-order valence-corrected chi connectivity index (χ2v) is 8.30. The Kier molecular flexibility index (Phi) is 7.56. The molecule has 1 rings (SSSR count). The van der Waals surface area contributed by atoms with Crippen LogP contribution in [-0.4, -0.2) is 27.5 Å². The van der Waals surface area contributed by atoms with Crippen LogP contribution in [-0.2, 0) is 0 Å². The molecule has 0 saturated carbocycles. The lowest BCUT2D eigenvalue weighted by Gasteiger charge is -2.31. The lowest BCUT2D eigenvalue weighted by atomic mass is 9.83. The first-order valence-electron chi connectivity index (χ1n) is 8.21. The van der Waals surface area contributed by atoms with Crippen LogP contribution in [0.5, 0.6) is 0 Å². The Hall–Kier alpha value is -1.74. The highest BCUT2D eigenvalue weighted by atomic mass is 32.2. The zero-order valence-corrected chi connectivity index (χ0v) is 15.9. The minimum absolute atomic E-state index is 0.106. The summed E-state index contributed by atoms with van der Waals surface area (Å²) in [6, 6.07) is 5.74. The van der Waals surface area contributed by atoms with Gasteiger partial charge < -0.3 is 10.4 Å². The minimum Gasteiger partial charge on any atom is -0.465 e. The molecule has 1 amide bonds. The number of hydrogen-bond acceptors (Lipinski definition) is 4. The number of pyridine rings is 1. The number of aryl methyl sites for hydroxylation is 1. The van der Waals surface area contributed by atoms with Gasteiger partial charge in [0.05, 0.1) is 5.56 Å². The highest BCUT2D eigenvalue weighted by Crippen LogP contribution is 2.32. The van der Waals surface area contributed by atoms with Crippen LogP contribution in [0.2, 0.25) is 0 Å². The SMILES string of the molecule is CCC(CCC(NC(=O)O)C(C)(C)C)Sc1nc(C)ccc1C#N. The van der Waals surface area contributed by atoms with E-state index in [2.05, 4.69) is 23.3 Å². The highest BCUT2D eigenvalue weighted by Gasteiger charge is 2.27. The Bertz CT molecular complexity index is 605. The maximum atomic E-state index is 11.0. The fraction of sp³-hybridized carbons (Fsp3) is 0.611. The van der Waals surface area contributed by atoms with E-state index >= 15 is 0 Å². The monoisotopic (exact) mass is 349 g/mol. The summed E-state index contributed by atoms with van der Waals surface area (Å²) >= 11 is 1.62. The summed E-state index contributed by atoms with van der Waals surface area (Å²) in [5.41, 5.74) is 1.35. The van der Waals surface area contributed by atoms with Gasteiger partial charge in [-0.2, -0.15) is 5.26 Å². The van der Waals surface area contributed by atoms with Gasteiger partial charge in [0.2, 0.25) is 0 Å². The Morgan fingerprint density at radius 1 is 1.42 bits per heavy atom. The maximum Gasteiger partial charge on any atom is 0.404 e. The van der Waals surface area contributed by atoms with Crippen LogP contribution < -0.4 is 5.32 Å². The molecule has 6 heteroatoms. The summed E-state index contributed by atoms with van der Waals surface area (Å²) < 4.78 is 0. The first kappa shape index (κ1) is 20.3. The molecule has 0 aliphatic rings. The van der Waals surface area contributed by atoms with E-state index in [4.69, 9.17) is 5.11 Å². The van der Waals surface area contributed by atoms with Crippen molar-refractivity contribution in [2.75, 3.05) is 0 Å². The molecule has 24 heavy (non-hydrogen) atoms. The quantitative estimate of drug-likeness (QED) is 0.703. The molecule has 0 saturated heterocycles. The van der Waals surface area contributed by atoms with Crippen molar-refractivity contribution in [2.24, 2.45) is 5.41 Å². The smallest absolute Gasteiger partial charge is 0.404 e. The van der Waals surface area contributed by atoms with E-state index in [9.17, 15) is 10.1 Å². The number of amides is 1. The highest BCUT2D eigenvalue weighted by molar-refractivity contribution is 7.99. The zero-order valence-electron chi connectivity index (χ0n) is 15.1. The van der Waals surface area contributed by atoms with Crippen molar-refractivity contribution < 1.29 is 9.90 Å². The van der Waals surface area contributed by atoms with E-state index in [0.29, 0.717) is 10.8 Å². The molecule has 0 bridgehead atoms. The summed E-state index contributed by atoms with van der Waals surface area (Å²) in [5, 5.41) is 22.0. The molecule has 0 aromatic carbocycles. The standard InChI is InChI=1S/C18H27N3O2S/c1-6-14(9-10-15(18(3,4)5)21-17(22)23)24-16-13(11-19)8-7-12(2)20-16/h7-8,14-15,21H,6,9-10H2,1-5H3,(H,22,23). The van der Waals surface area contributed by atoms with Gasteiger partial charge >= 0.3 is 6.09 Å². The first-order valence-corrected chi connectivity index (χ1v) is 9.09. The first-order chi connectivity index (χ1) is 11.2. The molecule has 0 fully saturated rings. The zero-order chi connectivity index (χ0) is 18.3. The number of nitrogens with zero attached hydrogens (tertiary/aromatic N) is 2. The van der Waals surface area contributed by atoms with Gasteiger partial charge in [0.15, 0.2) is 0 Å². The molecule has 5 nitrogen and oxygen atoms in total. The fourth-order valence-corrected chi connectivity index (χ4v) is 3.61. The van der Waals surface area contributed by atoms with Crippen LogP contribution in [0.25, 0.3) is 0 Å². The van der Waals surface area contributed by atoms with E-state index in [1.807, 2.05) is 33.8 Å². The number of rotatable bonds is 7. The summed E-state index contributed by atoms with van der Waals surface area (Å²) in [5.74, 6) is 0. The van der Waals surface area contributed by atoms with Crippen molar-refractivity contribution in [3.8, 4) is 6.07 Å². The number of thioether (sulfide) groups is 1. The third kappa shape index (κ3) is 6.40. The number of carbonyl (C=O) groups is 1.